The van der Waals surface area contributed by atoms with E-state index in [0.29, 0.717) is 32.2 Å². The maximum absolute atomic E-state index is 14.0. The summed E-state index contributed by atoms with van der Waals surface area (Å²) >= 11 is 0. The van der Waals surface area contributed by atoms with Gasteiger partial charge in [0, 0.05) is 12.6 Å². The average molecular weight is 716 g/mol. The summed E-state index contributed by atoms with van der Waals surface area (Å²) in [5, 5.41) is 18.7. The number of aromatic hydroxyl groups is 1. The lowest BCUT2D eigenvalue weighted by Gasteiger charge is -2.36. The van der Waals surface area contributed by atoms with Gasteiger partial charge in [-0.3, -0.25) is 19.2 Å². The summed E-state index contributed by atoms with van der Waals surface area (Å²) in [6.45, 7) is 16.3. The molecule has 3 rings (SSSR count). The van der Waals surface area contributed by atoms with E-state index in [2.05, 4.69) is 36.7 Å². The second-order valence-corrected chi connectivity index (χ2v) is 14.9. The Morgan fingerprint density at radius 3 is 2.12 bits per heavy atom. The van der Waals surface area contributed by atoms with E-state index in [-0.39, 0.29) is 23.6 Å². The van der Waals surface area contributed by atoms with Crippen LogP contribution in [0.15, 0.2) is 24.3 Å². The minimum atomic E-state index is -1.09. The van der Waals surface area contributed by atoms with Crippen molar-refractivity contribution in [2.75, 3.05) is 6.54 Å². The van der Waals surface area contributed by atoms with Crippen molar-refractivity contribution in [2.24, 2.45) is 17.1 Å². The van der Waals surface area contributed by atoms with Crippen molar-refractivity contribution in [1.82, 2.24) is 20.9 Å². The zero-order chi connectivity index (χ0) is 38.6. The molecule has 1 heterocycles. The lowest BCUT2D eigenvalue weighted by atomic mass is 9.80. The van der Waals surface area contributed by atoms with Crippen LogP contribution in [-0.2, 0) is 25.6 Å². The largest absolute Gasteiger partial charge is 0.508 e. The molecule has 4 unspecified atom stereocenters. The summed E-state index contributed by atoms with van der Waals surface area (Å²) in [4.78, 5) is 66.7. The van der Waals surface area contributed by atoms with Crippen molar-refractivity contribution >= 4 is 29.5 Å². The number of phenols is 1. The average Bonchev–Trinajstić information content (AvgIpc) is 3.55. The number of carbonyl (C=O) groups excluding carboxylic acids is 5. The molecular formula is C40H69N5O6. The lowest BCUT2D eigenvalue weighted by Crippen LogP contribution is -2.60. The molecule has 51 heavy (non-hydrogen) atoms. The highest BCUT2D eigenvalue weighted by molar-refractivity contribution is 6.37. The number of unbranched alkanes of at least 4 members (excludes halogenated alkanes) is 4. The van der Waals surface area contributed by atoms with Gasteiger partial charge in [-0.1, -0.05) is 125 Å². The third kappa shape index (κ3) is 16.1. The molecule has 5 amide bonds. The normalized spacial score (nSPS) is 17.3. The molecule has 0 bridgehead atoms. The molecule has 290 valence electrons. The molecular weight excluding hydrogens is 646 g/mol. The minimum absolute atomic E-state index is 0.166. The number of ketones is 1. The van der Waals surface area contributed by atoms with Crippen LogP contribution < -0.4 is 21.7 Å². The number of urea groups is 1. The van der Waals surface area contributed by atoms with Gasteiger partial charge in [-0.05, 0) is 61.1 Å². The third-order valence-electron chi connectivity index (χ3n) is 9.28. The van der Waals surface area contributed by atoms with Crippen molar-refractivity contribution in [2.45, 2.75) is 169 Å². The Morgan fingerprint density at radius 1 is 0.922 bits per heavy atom. The van der Waals surface area contributed by atoms with Gasteiger partial charge in [0.2, 0.25) is 17.6 Å². The van der Waals surface area contributed by atoms with Crippen LogP contribution in [0, 0.1) is 11.3 Å². The van der Waals surface area contributed by atoms with Gasteiger partial charge in [-0.2, -0.15) is 0 Å². The minimum Gasteiger partial charge on any atom is -0.508 e. The highest BCUT2D eigenvalue weighted by atomic mass is 16.3. The van der Waals surface area contributed by atoms with E-state index < -0.39 is 47.2 Å². The molecule has 0 spiro atoms. The van der Waals surface area contributed by atoms with Crippen LogP contribution in [0.25, 0.3) is 0 Å². The molecule has 1 aromatic rings. The summed E-state index contributed by atoms with van der Waals surface area (Å²) < 4.78 is 0. The van der Waals surface area contributed by atoms with Gasteiger partial charge in [0.1, 0.15) is 17.8 Å². The molecule has 1 aliphatic heterocycles. The summed E-state index contributed by atoms with van der Waals surface area (Å²) in [5.41, 5.74) is 5.51. The van der Waals surface area contributed by atoms with E-state index in [4.69, 9.17) is 5.73 Å². The summed E-state index contributed by atoms with van der Waals surface area (Å²) in [7, 11) is 0. The third-order valence-corrected chi connectivity index (χ3v) is 9.28. The SMILES string of the molecule is CC.CCC.CCCCCCCC(Cc1cccc(O)c1)NC(=O)NC(C(=O)N1CCCC1C(=O)NC(CC1CCC1)C(=O)C(N)=O)C(C)(C)C. The smallest absolute Gasteiger partial charge is 0.315 e. The molecule has 11 nitrogen and oxygen atoms in total. The second-order valence-electron chi connectivity index (χ2n) is 14.9. The van der Waals surface area contributed by atoms with Crippen molar-refractivity contribution in [3.8, 4) is 5.75 Å². The molecule has 1 saturated heterocycles. The first-order chi connectivity index (χ1) is 24.2. The molecule has 1 aliphatic carbocycles. The number of nitrogens with zero attached hydrogens (tertiary/aromatic N) is 1. The first-order valence-electron chi connectivity index (χ1n) is 19.5. The van der Waals surface area contributed by atoms with Crippen LogP contribution in [0.5, 0.6) is 5.75 Å². The van der Waals surface area contributed by atoms with Gasteiger partial charge < -0.3 is 31.7 Å². The van der Waals surface area contributed by atoms with E-state index in [0.717, 1.165) is 56.9 Å². The van der Waals surface area contributed by atoms with Crippen LogP contribution in [0.1, 0.15) is 144 Å². The summed E-state index contributed by atoms with van der Waals surface area (Å²) in [6.07, 6.45) is 12.2. The number of amides is 5. The molecule has 0 aromatic heterocycles. The number of benzene rings is 1. The fourth-order valence-electron chi connectivity index (χ4n) is 6.40. The number of nitrogens with one attached hydrogen (secondary N) is 3. The predicted molar refractivity (Wildman–Crippen MR) is 204 cm³/mol. The molecule has 4 atom stereocenters. The number of Topliss-reactive ketones (excluding diaryl/α,β-unsaturated/α-hetero) is 1. The molecule has 11 heteroatoms. The van der Waals surface area contributed by atoms with E-state index in [1.54, 1.807) is 18.2 Å². The van der Waals surface area contributed by atoms with E-state index in [9.17, 15) is 29.1 Å². The Kier molecular flexibility index (Phi) is 21.2. The zero-order valence-corrected chi connectivity index (χ0v) is 32.8. The highest BCUT2D eigenvalue weighted by Gasteiger charge is 2.43. The highest BCUT2D eigenvalue weighted by Crippen LogP contribution is 2.31. The van der Waals surface area contributed by atoms with Crippen LogP contribution in [0.3, 0.4) is 0 Å². The lowest BCUT2D eigenvalue weighted by molar-refractivity contribution is -0.143. The maximum Gasteiger partial charge on any atom is 0.315 e. The quantitative estimate of drug-likeness (QED) is 0.0906. The van der Waals surface area contributed by atoms with Gasteiger partial charge in [-0.25, -0.2) is 4.79 Å². The van der Waals surface area contributed by atoms with Crippen molar-refractivity contribution in [3.63, 3.8) is 0 Å². The van der Waals surface area contributed by atoms with Gasteiger partial charge in [-0.15, -0.1) is 0 Å². The topological polar surface area (TPSA) is 171 Å². The van der Waals surface area contributed by atoms with Gasteiger partial charge in [0.25, 0.3) is 5.91 Å². The van der Waals surface area contributed by atoms with E-state index in [1.165, 1.54) is 17.7 Å². The number of nitrogens with two attached hydrogens (primary N) is 1. The number of primary amides is 1. The number of hydrogen-bond donors (Lipinski definition) is 5. The van der Waals surface area contributed by atoms with Crippen LogP contribution in [0.4, 0.5) is 4.79 Å². The Hall–Kier alpha value is -3.63. The first kappa shape index (κ1) is 45.4. The van der Waals surface area contributed by atoms with Crippen molar-refractivity contribution in [3.05, 3.63) is 29.8 Å². The molecule has 0 radical (unpaired) electrons. The van der Waals surface area contributed by atoms with Crippen molar-refractivity contribution < 1.29 is 29.1 Å². The van der Waals surface area contributed by atoms with Gasteiger partial charge in [0.05, 0.1) is 6.04 Å². The van der Waals surface area contributed by atoms with Crippen molar-refractivity contribution in [1.29, 1.82) is 0 Å². The van der Waals surface area contributed by atoms with Crippen LogP contribution in [-0.4, -0.2) is 70.3 Å². The number of carbonyl (C=O) groups is 5. The monoisotopic (exact) mass is 716 g/mol. The number of phenolic OH excluding ortho intramolecular Hbond substituents is 1. The summed E-state index contributed by atoms with van der Waals surface area (Å²) in [5.74, 6) is -2.37. The number of hydrogen-bond acceptors (Lipinski definition) is 6. The fraction of sp³-hybridized carbons (Fsp3) is 0.725. The Labute approximate surface area is 307 Å². The predicted octanol–water partition coefficient (Wildman–Crippen LogP) is 6.54. The van der Waals surface area contributed by atoms with E-state index in [1.807, 2.05) is 40.7 Å². The Bertz CT molecular complexity index is 1230. The fourth-order valence-corrected chi connectivity index (χ4v) is 6.40. The Morgan fingerprint density at radius 2 is 1.57 bits per heavy atom. The standard InChI is InChI=1S/C35H55N5O6.C3H8.C2H6/c1-5-6-7-8-9-16-25(20-24-15-11-17-26(41)21-24)37-34(46)39-30(35(2,3)4)33(45)40-19-12-18-28(40)32(44)38-27(29(42)31(36)43)22-23-13-10-14-23;1-3-2;1-2/h11,15,17,21,23,25,27-28,30,41H,5-10,12-14,16,18-20,22H2,1-4H3,(H2,36,43)(H,38,44)(H2,37,39,46);3H2,1-2H3;1-2H3. The molecule has 2 aliphatic rings. The number of rotatable bonds is 17. The maximum atomic E-state index is 14.0. The second kappa shape index (κ2) is 23.8. The molecule has 1 aromatic carbocycles. The van der Waals surface area contributed by atoms with Crippen LogP contribution in [0.2, 0.25) is 0 Å². The van der Waals surface area contributed by atoms with E-state index >= 15 is 0 Å². The molecule has 6 N–H and O–H groups in total. The first-order valence-corrected chi connectivity index (χ1v) is 19.5. The van der Waals surface area contributed by atoms with Gasteiger partial charge in [0.15, 0.2) is 0 Å². The molecule has 1 saturated carbocycles. The molecule has 2 fully saturated rings. The summed E-state index contributed by atoms with van der Waals surface area (Å²) in [6, 6.07) is 3.55. The number of likely N-dealkylation sites (tertiary alicyclic amines) is 1. The van der Waals surface area contributed by atoms with Crippen LogP contribution >= 0.6 is 0 Å². The zero-order valence-electron chi connectivity index (χ0n) is 32.8. The van der Waals surface area contributed by atoms with Gasteiger partial charge >= 0.3 is 6.03 Å². The Balaban J connectivity index is 0.00000246.